The third kappa shape index (κ3) is 2.36. The first kappa shape index (κ1) is 10.2. The van der Waals surface area contributed by atoms with Crippen molar-refractivity contribution in [3.63, 3.8) is 0 Å². The van der Waals surface area contributed by atoms with Crippen LogP contribution in [0.15, 0.2) is 39.9 Å². The van der Waals surface area contributed by atoms with Gasteiger partial charge in [-0.2, -0.15) is 0 Å². The molecule has 0 N–H and O–H groups in total. The van der Waals surface area contributed by atoms with E-state index in [1.54, 1.807) is 17.6 Å². The van der Waals surface area contributed by atoms with Gasteiger partial charge in [0, 0.05) is 4.88 Å². The van der Waals surface area contributed by atoms with Crippen molar-refractivity contribution < 1.29 is 4.42 Å². The first-order chi connectivity index (χ1) is 7.29. The van der Waals surface area contributed by atoms with Crippen molar-refractivity contribution in [1.82, 2.24) is 0 Å². The average Bonchev–Trinajstić information content (AvgIpc) is 2.69. The molecule has 0 aliphatic rings. The standard InChI is InChI=1S/C12H13NOS/c1-3-10-8-14-12(15-10)13-11-7-5-4-6-9(11)2/h4-8H,3H2,1-2H3. The third-order valence-corrected chi connectivity index (χ3v) is 3.19. The Bertz CT molecular complexity index is 510. The second-order valence-electron chi connectivity index (χ2n) is 3.32. The van der Waals surface area contributed by atoms with E-state index in [2.05, 4.69) is 11.9 Å². The van der Waals surface area contributed by atoms with Crippen molar-refractivity contribution in [3.8, 4) is 0 Å². The van der Waals surface area contributed by atoms with Gasteiger partial charge in [0.25, 0.3) is 4.87 Å². The minimum atomic E-state index is 0.723. The van der Waals surface area contributed by atoms with Crippen LogP contribution >= 0.6 is 11.3 Å². The molecule has 0 bridgehead atoms. The van der Waals surface area contributed by atoms with Crippen LogP contribution < -0.4 is 4.87 Å². The molecule has 1 aromatic heterocycles. The van der Waals surface area contributed by atoms with Crippen molar-refractivity contribution in [1.29, 1.82) is 0 Å². The molecule has 15 heavy (non-hydrogen) atoms. The molecule has 2 aromatic rings. The first-order valence-corrected chi connectivity index (χ1v) is 5.79. The Labute approximate surface area is 92.9 Å². The molecule has 1 heterocycles. The molecule has 1 aromatic carbocycles. The van der Waals surface area contributed by atoms with E-state index in [1.807, 2.05) is 31.2 Å². The summed E-state index contributed by atoms with van der Waals surface area (Å²) in [4.78, 5) is 6.41. The van der Waals surface area contributed by atoms with Crippen LogP contribution in [0.4, 0.5) is 5.69 Å². The number of nitrogens with zero attached hydrogens (tertiary/aromatic N) is 1. The van der Waals surface area contributed by atoms with E-state index in [1.165, 1.54) is 10.4 Å². The van der Waals surface area contributed by atoms with E-state index < -0.39 is 0 Å². The lowest BCUT2D eigenvalue weighted by Gasteiger charge is -1.95. The Morgan fingerprint density at radius 1 is 1.33 bits per heavy atom. The zero-order chi connectivity index (χ0) is 10.7. The van der Waals surface area contributed by atoms with Crippen LogP contribution in [0.25, 0.3) is 0 Å². The minimum Gasteiger partial charge on any atom is -0.438 e. The molecule has 0 amide bonds. The normalized spacial score (nSPS) is 12.0. The quantitative estimate of drug-likeness (QED) is 0.759. The average molecular weight is 219 g/mol. The molecule has 78 valence electrons. The molecular weight excluding hydrogens is 206 g/mol. The third-order valence-electron chi connectivity index (χ3n) is 2.19. The molecule has 0 spiro atoms. The Balaban J connectivity index is 2.42. The van der Waals surface area contributed by atoms with Gasteiger partial charge in [0.15, 0.2) is 0 Å². The second kappa shape index (κ2) is 4.45. The Kier molecular flexibility index (Phi) is 3.02. The molecule has 0 unspecified atom stereocenters. The van der Waals surface area contributed by atoms with Crippen LogP contribution in [0, 0.1) is 6.92 Å². The van der Waals surface area contributed by atoms with Crippen LogP contribution in [-0.4, -0.2) is 0 Å². The summed E-state index contributed by atoms with van der Waals surface area (Å²) in [6, 6.07) is 8.04. The molecule has 0 aliphatic carbocycles. The molecule has 0 saturated carbocycles. The number of benzene rings is 1. The number of hydrogen-bond donors (Lipinski definition) is 0. The topological polar surface area (TPSA) is 25.5 Å². The van der Waals surface area contributed by atoms with Crippen LogP contribution in [-0.2, 0) is 6.42 Å². The first-order valence-electron chi connectivity index (χ1n) is 4.97. The van der Waals surface area contributed by atoms with Crippen LogP contribution in [0.1, 0.15) is 17.4 Å². The molecule has 0 atom stereocenters. The van der Waals surface area contributed by atoms with Gasteiger partial charge >= 0.3 is 0 Å². The second-order valence-corrected chi connectivity index (χ2v) is 4.40. The number of aryl methyl sites for hydroxylation is 2. The van der Waals surface area contributed by atoms with Gasteiger partial charge in [0.1, 0.15) is 6.26 Å². The van der Waals surface area contributed by atoms with Crippen molar-refractivity contribution in [2.75, 3.05) is 0 Å². The zero-order valence-electron chi connectivity index (χ0n) is 8.86. The van der Waals surface area contributed by atoms with Gasteiger partial charge in [-0.3, -0.25) is 0 Å². The van der Waals surface area contributed by atoms with Crippen LogP contribution in [0.5, 0.6) is 0 Å². The number of hydrogen-bond acceptors (Lipinski definition) is 3. The van der Waals surface area contributed by atoms with Gasteiger partial charge in [0.2, 0.25) is 0 Å². The summed E-state index contributed by atoms with van der Waals surface area (Å²) in [6.07, 6.45) is 2.78. The molecule has 2 nitrogen and oxygen atoms in total. The van der Waals surface area contributed by atoms with Gasteiger partial charge in [0.05, 0.1) is 5.69 Å². The molecule has 0 saturated heterocycles. The highest BCUT2D eigenvalue weighted by Gasteiger charge is 1.97. The van der Waals surface area contributed by atoms with E-state index in [-0.39, 0.29) is 0 Å². The highest BCUT2D eigenvalue weighted by Crippen LogP contribution is 2.16. The molecule has 3 heteroatoms. The summed E-state index contributed by atoms with van der Waals surface area (Å²) in [6.45, 7) is 4.16. The molecule has 0 aliphatic heterocycles. The van der Waals surface area contributed by atoms with E-state index in [9.17, 15) is 0 Å². The predicted molar refractivity (Wildman–Crippen MR) is 62.4 cm³/mol. The molecule has 0 radical (unpaired) electrons. The van der Waals surface area contributed by atoms with Crippen LogP contribution in [0.2, 0.25) is 0 Å². The van der Waals surface area contributed by atoms with Gasteiger partial charge in [-0.1, -0.05) is 36.5 Å². The maximum Gasteiger partial charge on any atom is 0.278 e. The van der Waals surface area contributed by atoms with E-state index >= 15 is 0 Å². The maximum atomic E-state index is 5.37. The van der Waals surface area contributed by atoms with E-state index in [0.717, 1.165) is 17.0 Å². The minimum absolute atomic E-state index is 0.723. The van der Waals surface area contributed by atoms with Crippen molar-refractivity contribution in [3.05, 3.63) is 45.8 Å². The largest absolute Gasteiger partial charge is 0.438 e. The summed E-state index contributed by atoms with van der Waals surface area (Å²) >= 11 is 1.60. The number of para-hydroxylation sites is 1. The fourth-order valence-corrected chi connectivity index (χ4v) is 1.97. The maximum absolute atomic E-state index is 5.37. The zero-order valence-corrected chi connectivity index (χ0v) is 9.67. The fourth-order valence-electron chi connectivity index (χ4n) is 1.27. The summed E-state index contributed by atoms with van der Waals surface area (Å²) < 4.78 is 5.37. The smallest absolute Gasteiger partial charge is 0.278 e. The van der Waals surface area contributed by atoms with Gasteiger partial charge in [-0.15, -0.1) is 0 Å². The van der Waals surface area contributed by atoms with Crippen LogP contribution in [0.3, 0.4) is 0 Å². The van der Waals surface area contributed by atoms with E-state index in [4.69, 9.17) is 4.42 Å². The lowest BCUT2D eigenvalue weighted by atomic mass is 10.2. The van der Waals surface area contributed by atoms with Gasteiger partial charge in [-0.25, -0.2) is 4.99 Å². The summed E-state index contributed by atoms with van der Waals surface area (Å²) in [5.74, 6) is 0. The fraction of sp³-hybridized carbons (Fsp3) is 0.250. The molecule has 2 rings (SSSR count). The van der Waals surface area contributed by atoms with Gasteiger partial charge in [-0.05, 0) is 25.0 Å². The van der Waals surface area contributed by atoms with Crippen molar-refractivity contribution in [2.45, 2.75) is 20.3 Å². The molecule has 0 fully saturated rings. The van der Waals surface area contributed by atoms with Gasteiger partial charge < -0.3 is 4.42 Å². The summed E-state index contributed by atoms with van der Waals surface area (Å²) in [7, 11) is 0. The van der Waals surface area contributed by atoms with Crippen molar-refractivity contribution in [2.24, 2.45) is 4.99 Å². The van der Waals surface area contributed by atoms with Crippen molar-refractivity contribution >= 4 is 17.0 Å². The Morgan fingerprint density at radius 2 is 2.13 bits per heavy atom. The monoisotopic (exact) mass is 219 g/mol. The Morgan fingerprint density at radius 3 is 2.80 bits per heavy atom. The molecular formula is C12H13NOS. The summed E-state index contributed by atoms with van der Waals surface area (Å²) in [5, 5.41) is 0. The lowest BCUT2D eigenvalue weighted by Crippen LogP contribution is -1.88. The number of rotatable bonds is 2. The SMILES string of the molecule is CCc1coc(=Nc2ccccc2C)s1. The van der Waals surface area contributed by atoms with E-state index in [0.29, 0.717) is 0 Å². The lowest BCUT2D eigenvalue weighted by molar-refractivity contribution is 0.521. The summed E-state index contributed by atoms with van der Waals surface area (Å²) in [5.41, 5.74) is 2.14. The highest BCUT2D eigenvalue weighted by atomic mass is 32.1. The predicted octanol–water partition coefficient (Wildman–Crippen LogP) is 3.44. The highest BCUT2D eigenvalue weighted by molar-refractivity contribution is 7.08. The Hall–Kier alpha value is -1.35.